The van der Waals surface area contributed by atoms with Crippen LogP contribution in [0.4, 0.5) is 8.78 Å². The molecule has 0 radical (unpaired) electrons. The lowest BCUT2D eigenvalue weighted by Gasteiger charge is -2.11. The highest BCUT2D eigenvalue weighted by Gasteiger charge is 2.17. The van der Waals surface area contributed by atoms with Gasteiger partial charge in [-0.3, -0.25) is 0 Å². The van der Waals surface area contributed by atoms with Gasteiger partial charge in [-0.2, -0.15) is 0 Å². The summed E-state index contributed by atoms with van der Waals surface area (Å²) >= 11 is 4.71. The van der Waals surface area contributed by atoms with Crippen LogP contribution in [-0.4, -0.2) is 0 Å². The molecule has 0 saturated heterocycles. The number of thiophene rings is 1. The molecule has 0 aliphatic heterocycles. The van der Waals surface area contributed by atoms with Crippen LogP contribution < -0.4 is 5.73 Å². The van der Waals surface area contributed by atoms with Gasteiger partial charge in [0.05, 0.1) is 9.83 Å². The molecule has 2 rings (SSSR count). The highest BCUT2D eigenvalue weighted by Crippen LogP contribution is 2.31. The molecule has 1 heterocycles. The van der Waals surface area contributed by atoms with Crippen LogP contribution in [0.25, 0.3) is 0 Å². The van der Waals surface area contributed by atoms with E-state index in [2.05, 4.69) is 15.9 Å². The van der Waals surface area contributed by atoms with Crippen molar-refractivity contribution in [3.05, 3.63) is 56.2 Å². The zero-order valence-electron chi connectivity index (χ0n) is 8.08. The average Bonchev–Trinajstić information content (AvgIpc) is 2.68. The van der Waals surface area contributed by atoms with Gasteiger partial charge in [0.25, 0.3) is 0 Å². The van der Waals surface area contributed by atoms with E-state index in [1.807, 2.05) is 6.07 Å². The summed E-state index contributed by atoms with van der Waals surface area (Å²) in [5, 5.41) is 0. The topological polar surface area (TPSA) is 26.0 Å². The number of nitrogens with two attached hydrogens (primary N) is 1. The fourth-order valence-electron chi connectivity index (χ4n) is 1.41. The number of rotatable bonds is 2. The molecule has 1 unspecified atom stereocenters. The van der Waals surface area contributed by atoms with Gasteiger partial charge >= 0.3 is 0 Å². The van der Waals surface area contributed by atoms with Crippen molar-refractivity contribution in [3.8, 4) is 0 Å². The van der Waals surface area contributed by atoms with Crippen LogP contribution in [0, 0.1) is 11.6 Å². The van der Waals surface area contributed by atoms with Crippen molar-refractivity contribution in [2.75, 3.05) is 0 Å². The van der Waals surface area contributed by atoms with Crippen LogP contribution in [0.2, 0.25) is 0 Å². The highest BCUT2D eigenvalue weighted by atomic mass is 79.9. The lowest BCUT2D eigenvalue weighted by molar-refractivity contribution is 0.495. The predicted molar refractivity (Wildman–Crippen MR) is 64.4 cm³/mol. The maximum absolute atomic E-state index is 13.5. The summed E-state index contributed by atoms with van der Waals surface area (Å²) < 4.78 is 27.4. The summed E-state index contributed by atoms with van der Waals surface area (Å²) in [4.78, 5) is 0.788. The Morgan fingerprint density at radius 2 is 1.94 bits per heavy atom. The second-order valence-electron chi connectivity index (χ2n) is 3.26. The number of hydrogen-bond donors (Lipinski definition) is 1. The number of hydrogen-bond acceptors (Lipinski definition) is 2. The molecule has 0 aliphatic rings. The fraction of sp³-hybridized carbons (Fsp3) is 0.0909. The maximum Gasteiger partial charge on any atom is 0.163 e. The molecule has 0 amide bonds. The molecule has 16 heavy (non-hydrogen) atoms. The molecule has 0 fully saturated rings. The summed E-state index contributed by atoms with van der Waals surface area (Å²) in [6.45, 7) is 0. The van der Waals surface area contributed by atoms with Gasteiger partial charge in [-0.25, -0.2) is 8.78 Å². The van der Waals surface area contributed by atoms with Gasteiger partial charge in [-0.05, 0) is 34.1 Å². The second-order valence-corrected chi connectivity index (χ2v) is 5.76. The lowest BCUT2D eigenvalue weighted by atomic mass is 10.1. The standard InChI is InChI=1S/C11H8BrF2NS/c12-9-5-4-8(16-9)11(15)6-2-1-3-7(13)10(6)14/h1-5,11H,15H2. The molecule has 0 spiro atoms. The first kappa shape index (κ1) is 11.7. The molecule has 0 bridgehead atoms. The Morgan fingerprint density at radius 3 is 2.56 bits per heavy atom. The molecule has 2 aromatic rings. The van der Waals surface area contributed by atoms with Crippen LogP contribution in [0.3, 0.4) is 0 Å². The Labute approximate surface area is 104 Å². The Bertz CT molecular complexity index is 512. The van der Waals surface area contributed by atoms with Gasteiger partial charge < -0.3 is 5.73 Å². The van der Waals surface area contributed by atoms with E-state index in [0.717, 1.165) is 14.7 Å². The van der Waals surface area contributed by atoms with Crippen molar-refractivity contribution in [2.24, 2.45) is 5.73 Å². The molecule has 2 N–H and O–H groups in total. The Morgan fingerprint density at radius 1 is 1.19 bits per heavy atom. The van der Waals surface area contributed by atoms with Crippen LogP contribution >= 0.6 is 27.3 Å². The van der Waals surface area contributed by atoms with Gasteiger partial charge in [0, 0.05) is 10.4 Å². The molecule has 5 heteroatoms. The van der Waals surface area contributed by atoms with Crippen LogP contribution in [-0.2, 0) is 0 Å². The smallest absolute Gasteiger partial charge is 0.163 e. The molecule has 1 aromatic carbocycles. The first-order chi connectivity index (χ1) is 7.59. The van der Waals surface area contributed by atoms with E-state index < -0.39 is 17.7 Å². The summed E-state index contributed by atoms with van der Waals surface area (Å²) in [5.41, 5.74) is 6.06. The third-order valence-corrected chi connectivity index (χ3v) is 3.92. The predicted octanol–water partition coefficient (Wildman–Crippen LogP) is 3.84. The zero-order chi connectivity index (χ0) is 11.7. The highest BCUT2D eigenvalue weighted by molar-refractivity contribution is 9.11. The van der Waals surface area contributed by atoms with Crippen molar-refractivity contribution in [1.29, 1.82) is 0 Å². The second kappa shape index (κ2) is 4.61. The van der Waals surface area contributed by atoms with Gasteiger partial charge in [-0.15, -0.1) is 11.3 Å². The van der Waals surface area contributed by atoms with E-state index in [9.17, 15) is 8.78 Å². The molecule has 84 valence electrons. The zero-order valence-corrected chi connectivity index (χ0v) is 10.5. The number of halogens is 3. The largest absolute Gasteiger partial charge is 0.320 e. The van der Waals surface area contributed by atoms with Crippen molar-refractivity contribution >= 4 is 27.3 Å². The van der Waals surface area contributed by atoms with E-state index in [4.69, 9.17) is 5.73 Å². The molecule has 0 saturated carbocycles. The van der Waals surface area contributed by atoms with E-state index in [-0.39, 0.29) is 5.56 Å². The Hall–Kier alpha value is -0.780. The summed E-state index contributed by atoms with van der Waals surface area (Å²) in [7, 11) is 0. The summed E-state index contributed by atoms with van der Waals surface area (Å²) in [5.74, 6) is -1.75. The van der Waals surface area contributed by atoms with Gasteiger partial charge in [0.15, 0.2) is 11.6 Å². The minimum atomic E-state index is -0.875. The fourth-order valence-corrected chi connectivity index (χ4v) is 2.85. The number of benzene rings is 1. The van der Waals surface area contributed by atoms with E-state index >= 15 is 0 Å². The first-order valence-corrected chi connectivity index (χ1v) is 6.15. The minimum Gasteiger partial charge on any atom is -0.320 e. The van der Waals surface area contributed by atoms with Gasteiger partial charge in [0.2, 0.25) is 0 Å². The third kappa shape index (κ3) is 2.16. The minimum absolute atomic E-state index is 0.175. The van der Waals surface area contributed by atoms with Crippen molar-refractivity contribution in [1.82, 2.24) is 0 Å². The Kier molecular flexibility index (Phi) is 3.37. The van der Waals surface area contributed by atoms with E-state index in [1.54, 1.807) is 6.07 Å². The molecular formula is C11H8BrF2NS. The summed E-state index contributed by atoms with van der Waals surface area (Å²) in [6.07, 6.45) is 0. The Balaban J connectivity index is 2.41. The maximum atomic E-state index is 13.5. The SMILES string of the molecule is NC(c1ccc(Br)s1)c1cccc(F)c1F. The average molecular weight is 304 g/mol. The van der Waals surface area contributed by atoms with Crippen LogP contribution in [0.1, 0.15) is 16.5 Å². The molecule has 1 atom stereocenters. The monoisotopic (exact) mass is 303 g/mol. The van der Waals surface area contributed by atoms with Gasteiger partial charge in [-0.1, -0.05) is 12.1 Å². The van der Waals surface area contributed by atoms with Gasteiger partial charge in [0.1, 0.15) is 0 Å². The summed E-state index contributed by atoms with van der Waals surface area (Å²) in [6, 6.07) is 7.02. The lowest BCUT2D eigenvalue weighted by Crippen LogP contribution is -2.12. The molecule has 1 aromatic heterocycles. The van der Waals surface area contributed by atoms with Crippen LogP contribution in [0.15, 0.2) is 34.1 Å². The third-order valence-electron chi connectivity index (χ3n) is 2.22. The molecule has 1 nitrogen and oxygen atoms in total. The normalized spacial score (nSPS) is 12.8. The van der Waals surface area contributed by atoms with Crippen molar-refractivity contribution in [2.45, 2.75) is 6.04 Å². The quantitative estimate of drug-likeness (QED) is 0.896. The molecular weight excluding hydrogens is 296 g/mol. The molecule has 0 aliphatic carbocycles. The van der Waals surface area contributed by atoms with E-state index in [1.165, 1.54) is 23.5 Å². The van der Waals surface area contributed by atoms with Crippen molar-refractivity contribution < 1.29 is 8.78 Å². The van der Waals surface area contributed by atoms with Crippen LogP contribution in [0.5, 0.6) is 0 Å². The first-order valence-electron chi connectivity index (χ1n) is 4.54. The van der Waals surface area contributed by atoms with E-state index in [0.29, 0.717) is 0 Å². The van der Waals surface area contributed by atoms with Crippen molar-refractivity contribution in [3.63, 3.8) is 0 Å².